The molecule has 0 spiro atoms. The molecule has 0 radical (unpaired) electrons. The average molecular weight is 307 g/mol. The van der Waals surface area contributed by atoms with E-state index in [1.807, 2.05) is 11.8 Å². The van der Waals surface area contributed by atoms with E-state index in [2.05, 4.69) is 36.1 Å². The summed E-state index contributed by atoms with van der Waals surface area (Å²) < 4.78 is 0. The summed E-state index contributed by atoms with van der Waals surface area (Å²) in [5, 5.41) is 8.85. The Morgan fingerprint density at radius 2 is 2.10 bits per heavy atom. The normalized spacial score (nSPS) is 19.6. The third-order valence-corrected chi connectivity index (χ3v) is 5.10. The predicted octanol–water partition coefficient (Wildman–Crippen LogP) is 3.81. The van der Waals surface area contributed by atoms with Gasteiger partial charge >= 0.3 is 5.97 Å². The number of benzene rings is 1. The highest BCUT2D eigenvalue weighted by Crippen LogP contribution is 2.23. The summed E-state index contributed by atoms with van der Waals surface area (Å²) in [7, 11) is 0. The molecule has 0 bridgehead atoms. The van der Waals surface area contributed by atoms with Crippen molar-refractivity contribution >= 4 is 17.7 Å². The van der Waals surface area contributed by atoms with Gasteiger partial charge in [0.25, 0.3) is 0 Å². The van der Waals surface area contributed by atoms with Crippen LogP contribution in [0.1, 0.15) is 37.7 Å². The lowest BCUT2D eigenvalue weighted by Gasteiger charge is -2.35. The van der Waals surface area contributed by atoms with E-state index >= 15 is 0 Å². The minimum Gasteiger partial charge on any atom is -0.481 e. The van der Waals surface area contributed by atoms with Gasteiger partial charge < -0.3 is 5.11 Å². The van der Waals surface area contributed by atoms with Crippen molar-refractivity contribution in [2.24, 2.45) is 0 Å². The summed E-state index contributed by atoms with van der Waals surface area (Å²) in [6, 6.07) is 9.13. The third-order valence-electron chi connectivity index (χ3n) is 4.11. The lowest BCUT2D eigenvalue weighted by molar-refractivity contribution is -0.137. The number of aliphatic carboxylic acids is 1. The van der Waals surface area contributed by atoms with E-state index in [9.17, 15) is 4.79 Å². The maximum absolute atomic E-state index is 10.8. The summed E-state index contributed by atoms with van der Waals surface area (Å²) in [6.45, 7) is 4.29. The van der Waals surface area contributed by atoms with Crippen LogP contribution in [-0.4, -0.2) is 40.9 Å². The molecule has 116 valence electrons. The summed E-state index contributed by atoms with van der Waals surface area (Å²) in [4.78, 5) is 14.6. The van der Waals surface area contributed by atoms with Gasteiger partial charge in [0, 0.05) is 29.7 Å². The molecular weight excluding hydrogens is 282 g/mol. The monoisotopic (exact) mass is 307 g/mol. The Hall–Kier alpha value is -1.00. The Morgan fingerprint density at radius 1 is 1.33 bits per heavy atom. The van der Waals surface area contributed by atoms with E-state index in [1.165, 1.54) is 23.3 Å². The molecule has 1 aliphatic heterocycles. The summed E-state index contributed by atoms with van der Waals surface area (Å²) in [5.41, 5.74) is 1.30. The first-order valence-corrected chi connectivity index (χ1v) is 8.79. The zero-order chi connectivity index (χ0) is 15.1. The van der Waals surface area contributed by atoms with Crippen molar-refractivity contribution in [2.45, 2.75) is 50.0 Å². The molecule has 1 N–H and O–H groups in total. The van der Waals surface area contributed by atoms with Gasteiger partial charge in [0.2, 0.25) is 0 Å². The molecule has 1 atom stereocenters. The van der Waals surface area contributed by atoms with Crippen LogP contribution in [0.2, 0.25) is 0 Å². The third kappa shape index (κ3) is 5.71. The lowest BCUT2D eigenvalue weighted by atomic mass is 9.98. The quantitative estimate of drug-likeness (QED) is 0.778. The van der Waals surface area contributed by atoms with E-state index < -0.39 is 5.97 Å². The average Bonchev–Trinajstić information content (AvgIpc) is 2.48. The van der Waals surface area contributed by atoms with E-state index in [-0.39, 0.29) is 0 Å². The molecule has 1 saturated heterocycles. The molecule has 1 aromatic carbocycles. The molecule has 0 saturated carbocycles. The van der Waals surface area contributed by atoms with Gasteiger partial charge in [-0.05, 0) is 44.9 Å². The maximum Gasteiger partial charge on any atom is 0.303 e. The smallest absolute Gasteiger partial charge is 0.303 e. The van der Waals surface area contributed by atoms with Crippen molar-refractivity contribution in [3.8, 4) is 0 Å². The highest BCUT2D eigenvalue weighted by atomic mass is 32.2. The molecule has 1 fully saturated rings. The minimum absolute atomic E-state index is 0.298. The Morgan fingerprint density at radius 3 is 2.81 bits per heavy atom. The fourth-order valence-electron chi connectivity index (χ4n) is 2.89. The van der Waals surface area contributed by atoms with Crippen LogP contribution >= 0.6 is 11.8 Å². The Bertz CT molecular complexity index is 447. The number of carboxylic acid groups (broad SMARTS) is 1. The number of hydrogen-bond acceptors (Lipinski definition) is 3. The standard InChI is InChI=1S/C17H25NO2S/c1-14-5-8-16(9-6-14)21-13-12-18-11-3-2-4-15(18)7-10-17(19)20/h5-6,8-9,15H,2-4,7,10-13H2,1H3,(H,19,20). The predicted molar refractivity (Wildman–Crippen MR) is 88.0 cm³/mol. The molecule has 1 aromatic rings. The second-order valence-corrected chi connectivity index (χ2v) is 6.95. The second kappa shape index (κ2) is 8.44. The minimum atomic E-state index is -0.672. The van der Waals surface area contributed by atoms with Crippen LogP contribution in [0.25, 0.3) is 0 Å². The SMILES string of the molecule is Cc1ccc(SCCN2CCCCC2CCC(=O)O)cc1. The van der Waals surface area contributed by atoms with Crippen molar-refractivity contribution in [2.75, 3.05) is 18.8 Å². The zero-order valence-electron chi connectivity index (χ0n) is 12.8. The van der Waals surface area contributed by atoms with Crippen LogP contribution in [0.3, 0.4) is 0 Å². The van der Waals surface area contributed by atoms with Crippen molar-refractivity contribution < 1.29 is 9.90 Å². The van der Waals surface area contributed by atoms with E-state index in [4.69, 9.17) is 5.11 Å². The zero-order valence-corrected chi connectivity index (χ0v) is 13.6. The molecule has 0 aromatic heterocycles. The number of carboxylic acids is 1. The van der Waals surface area contributed by atoms with E-state index in [0.717, 1.165) is 31.7 Å². The molecule has 3 nitrogen and oxygen atoms in total. The number of likely N-dealkylation sites (tertiary alicyclic amines) is 1. The van der Waals surface area contributed by atoms with E-state index in [1.54, 1.807) is 0 Å². The summed E-state index contributed by atoms with van der Waals surface area (Å²) in [6.07, 6.45) is 4.74. The van der Waals surface area contributed by atoms with Gasteiger partial charge in [-0.2, -0.15) is 0 Å². The highest BCUT2D eigenvalue weighted by molar-refractivity contribution is 7.99. The van der Waals surface area contributed by atoms with E-state index in [0.29, 0.717) is 12.5 Å². The lowest BCUT2D eigenvalue weighted by Crippen LogP contribution is -2.41. The molecule has 2 rings (SSSR count). The van der Waals surface area contributed by atoms with Gasteiger partial charge in [-0.3, -0.25) is 9.69 Å². The maximum atomic E-state index is 10.8. The number of piperidine rings is 1. The van der Waals surface area contributed by atoms with Crippen LogP contribution < -0.4 is 0 Å². The van der Waals surface area contributed by atoms with Crippen LogP contribution in [0.4, 0.5) is 0 Å². The highest BCUT2D eigenvalue weighted by Gasteiger charge is 2.22. The fourth-order valence-corrected chi connectivity index (χ4v) is 3.78. The first-order valence-electron chi connectivity index (χ1n) is 7.80. The first-order chi connectivity index (χ1) is 10.1. The summed E-state index contributed by atoms with van der Waals surface area (Å²) >= 11 is 1.89. The van der Waals surface area contributed by atoms with Gasteiger partial charge in [-0.1, -0.05) is 24.1 Å². The molecule has 0 aliphatic carbocycles. The van der Waals surface area contributed by atoms with Gasteiger partial charge in [-0.15, -0.1) is 11.8 Å². The summed E-state index contributed by atoms with van der Waals surface area (Å²) in [5.74, 6) is 0.404. The molecule has 1 heterocycles. The number of nitrogens with zero attached hydrogens (tertiary/aromatic N) is 1. The number of thioether (sulfide) groups is 1. The number of aryl methyl sites for hydroxylation is 1. The molecular formula is C17H25NO2S. The van der Waals surface area contributed by atoms with Gasteiger partial charge in [0.05, 0.1) is 0 Å². The largest absolute Gasteiger partial charge is 0.481 e. The molecule has 4 heteroatoms. The number of hydrogen-bond donors (Lipinski definition) is 1. The Kier molecular flexibility index (Phi) is 6.58. The van der Waals surface area contributed by atoms with Crippen LogP contribution in [0.5, 0.6) is 0 Å². The van der Waals surface area contributed by atoms with Crippen molar-refractivity contribution in [3.63, 3.8) is 0 Å². The van der Waals surface area contributed by atoms with Crippen LogP contribution in [0.15, 0.2) is 29.2 Å². The van der Waals surface area contributed by atoms with Gasteiger partial charge in [0.1, 0.15) is 0 Å². The van der Waals surface area contributed by atoms with Gasteiger partial charge in [-0.25, -0.2) is 0 Å². The Labute approximate surface area is 131 Å². The molecule has 21 heavy (non-hydrogen) atoms. The van der Waals surface area contributed by atoms with Crippen molar-refractivity contribution in [1.82, 2.24) is 4.90 Å². The number of carbonyl (C=O) groups is 1. The second-order valence-electron chi connectivity index (χ2n) is 5.78. The first kappa shape index (κ1) is 16.4. The van der Waals surface area contributed by atoms with Crippen molar-refractivity contribution in [3.05, 3.63) is 29.8 Å². The molecule has 1 aliphatic rings. The van der Waals surface area contributed by atoms with Crippen LogP contribution in [0, 0.1) is 6.92 Å². The Balaban J connectivity index is 1.76. The topological polar surface area (TPSA) is 40.5 Å². The van der Waals surface area contributed by atoms with Crippen molar-refractivity contribution in [1.29, 1.82) is 0 Å². The van der Waals surface area contributed by atoms with Crippen LogP contribution in [-0.2, 0) is 4.79 Å². The molecule has 0 amide bonds. The number of rotatable bonds is 7. The van der Waals surface area contributed by atoms with Gasteiger partial charge in [0.15, 0.2) is 0 Å². The fraction of sp³-hybridized carbons (Fsp3) is 0.588. The molecule has 1 unspecified atom stereocenters.